The largest absolute Gasteiger partial charge is 0.381 e. The van der Waals surface area contributed by atoms with Gasteiger partial charge < -0.3 is 4.74 Å². The van der Waals surface area contributed by atoms with E-state index >= 15 is 0 Å². The van der Waals surface area contributed by atoms with Gasteiger partial charge in [0.1, 0.15) is 0 Å². The van der Waals surface area contributed by atoms with Crippen molar-refractivity contribution in [3.63, 3.8) is 0 Å². The van der Waals surface area contributed by atoms with E-state index in [1.807, 2.05) is 0 Å². The number of hydrogen-bond acceptors (Lipinski definition) is 4. The van der Waals surface area contributed by atoms with Gasteiger partial charge in [-0.05, 0) is 57.3 Å². The predicted molar refractivity (Wildman–Crippen MR) is 96.5 cm³/mol. The molecule has 140 valence electrons. The highest BCUT2D eigenvalue weighted by molar-refractivity contribution is 7.89. The van der Waals surface area contributed by atoms with Crippen LogP contribution in [-0.4, -0.2) is 68.3 Å². The van der Waals surface area contributed by atoms with Crippen LogP contribution in [0.25, 0.3) is 0 Å². The number of methoxy groups -OCH3 is 1. The van der Waals surface area contributed by atoms with Crippen molar-refractivity contribution in [1.29, 1.82) is 0 Å². The summed E-state index contributed by atoms with van der Waals surface area (Å²) >= 11 is 0. The van der Waals surface area contributed by atoms with Crippen LogP contribution in [-0.2, 0) is 14.8 Å². The van der Waals surface area contributed by atoms with Gasteiger partial charge in [-0.1, -0.05) is 6.92 Å². The summed E-state index contributed by atoms with van der Waals surface area (Å²) in [5, 5.41) is -0.127. The number of sulfonamides is 1. The Hall–Kier alpha value is -0.170. The van der Waals surface area contributed by atoms with E-state index in [0.29, 0.717) is 31.2 Å². The van der Waals surface area contributed by atoms with Crippen molar-refractivity contribution in [2.45, 2.75) is 75.7 Å². The number of rotatable bonds is 4. The van der Waals surface area contributed by atoms with Gasteiger partial charge in [-0.25, -0.2) is 8.42 Å². The van der Waals surface area contributed by atoms with Gasteiger partial charge in [-0.3, -0.25) is 4.90 Å². The minimum Gasteiger partial charge on any atom is -0.381 e. The Balaban J connectivity index is 1.49. The van der Waals surface area contributed by atoms with E-state index in [2.05, 4.69) is 11.8 Å². The Morgan fingerprint density at radius 1 is 0.833 bits per heavy atom. The van der Waals surface area contributed by atoms with E-state index in [1.54, 1.807) is 11.4 Å². The SMILES string of the molecule is COC1CCC(N2CCN(S(=O)(=O)C3CCC(C)CC3)CC2)CC1. The first kappa shape index (κ1) is 18.6. The molecule has 5 nitrogen and oxygen atoms in total. The molecular weight excluding hydrogens is 324 g/mol. The molecule has 2 aliphatic carbocycles. The summed E-state index contributed by atoms with van der Waals surface area (Å²) in [6, 6.07) is 0.622. The summed E-state index contributed by atoms with van der Waals surface area (Å²) in [5.74, 6) is 0.690. The maximum Gasteiger partial charge on any atom is 0.217 e. The van der Waals surface area contributed by atoms with Crippen molar-refractivity contribution >= 4 is 10.0 Å². The van der Waals surface area contributed by atoms with Crippen LogP contribution < -0.4 is 0 Å². The highest BCUT2D eigenvalue weighted by atomic mass is 32.2. The van der Waals surface area contributed by atoms with Crippen LogP contribution in [0.2, 0.25) is 0 Å². The van der Waals surface area contributed by atoms with Gasteiger partial charge in [0, 0.05) is 39.3 Å². The molecule has 3 aliphatic rings. The summed E-state index contributed by atoms with van der Waals surface area (Å²) in [7, 11) is -1.28. The summed E-state index contributed by atoms with van der Waals surface area (Å²) in [4.78, 5) is 2.51. The highest BCUT2D eigenvalue weighted by Gasteiger charge is 2.37. The molecule has 1 aliphatic heterocycles. The summed E-state index contributed by atoms with van der Waals surface area (Å²) in [6.07, 6.45) is 8.91. The van der Waals surface area contributed by atoms with Crippen LogP contribution in [0.3, 0.4) is 0 Å². The molecule has 0 aromatic carbocycles. The van der Waals surface area contributed by atoms with E-state index < -0.39 is 10.0 Å². The number of piperazine rings is 1. The fourth-order valence-electron chi connectivity index (χ4n) is 4.71. The van der Waals surface area contributed by atoms with Crippen molar-refractivity contribution < 1.29 is 13.2 Å². The molecule has 0 bridgehead atoms. The van der Waals surface area contributed by atoms with Crippen molar-refractivity contribution in [2.24, 2.45) is 5.92 Å². The topological polar surface area (TPSA) is 49.9 Å². The maximum absolute atomic E-state index is 12.9. The van der Waals surface area contributed by atoms with Gasteiger partial charge in [0.05, 0.1) is 11.4 Å². The van der Waals surface area contributed by atoms with Gasteiger partial charge in [0.2, 0.25) is 10.0 Å². The van der Waals surface area contributed by atoms with Crippen molar-refractivity contribution in [3.05, 3.63) is 0 Å². The van der Waals surface area contributed by atoms with Crippen LogP contribution >= 0.6 is 0 Å². The van der Waals surface area contributed by atoms with E-state index in [9.17, 15) is 8.42 Å². The molecule has 1 saturated heterocycles. The molecule has 3 rings (SSSR count). The molecule has 0 amide bonds. The first-order valence-corrected chi connectivity index (χ1v) is 11.3. The average molecular weight is 359 g/mol. The maximum atomic E-state index is 12.9. The third-order valence-corrected chi connectivity index (χ3v) is 8.91. The lowest BCUT2D eigenvalue weighted by atomic mass is 9.91. The van der Waals surface area contributed by atoms with Crippen LogP contribution in [0, 0.1) is 5.92 Å². The van der Waals surface area contributed by atoms with E-state index in [0.717, 1.165) is 51.6 Å². The highest BCUT2D eigenvalue weighted by Crippen LogP contribution is 2.31. The van der Waals surface area contributed by atoms with E-state index in [4.69, 9.17) is 4.74 Å². The number of hydrogen-bond donors (Lipinski definition) is 0. The van der Waals surface area contributed by atoms with Crippen molar-refractivity contribution in [2.75, 3.05) is 33.3 Å². The van der Waals surface area contributed by atoms with Crippen molar-refractivity contribution in [1.82, 2.24) is 9.21 Å². The number of nitrogens with zero attached hydrogens (tertiary/aromatic N) is 2. The lowest BCUT2D eigenvalue weighted by molar-refractivity contribution is 0.0303. The van der Waals surface area contributed by atoms with Crippen LogP contribution in [0.5, 0.6) is 0 Å². The molecule has 0 aromatic heterocycles. The Bertz CT molecular complexity index is 486. The molecular formula is C18H34N2O3S. The Kier molecular flexibility index (Phi) is 6.22. The predicted octanol–water partition coefficient (Wildman–Crippen LogP) is 2.47. The normalized spacial score (nSPS) is 37.4. The molecule has 0 aromatic rings. The van der Waals surface area contributed by atoms with Gasteiger partial charge in [0.25, 0.3) is 0 Å². The average Bonchev–Trinajstić information content (AvgIpc) is 2.62. The summed E-state index contributed by atoms with van der Waals surface area (Å²) in [5.41, 5.74) is 0. The Morgan fingerprint density at radius 3 is 1.96 bits per heavy atom. The zero-order chi connectivity index (χ0) is 17.2. The fourth-order valence-corrected chi connectivity index (χ4v) is 6.67. The molecule has 2 saturated carbocycles. The van der Waals surface area contributed by atoms with E-state index in [1.165, 1.54) is 12.8 Å². The standard InChI is InChI=1S/C18H34N2O3S/c1-15-3-9-18(10-4-15)24(21,22)20-13-11-19(12-14-20)16-5-7-17(23-2)8-6-16/h15-18H,3-14H2,1-2H3. The monoisotopic (exact) mass is 358 g/mol. The number of ether oxygens (including phenoxy) is 1. The smallest absolute Gasteiger partial charge is 0.217 e. The first-order chi connectivity index (χ1) is 11.5. The lowest BCUT2D eigenvalue weighted by Crippen LogP contribution is -2.54. The quantitative estimate of drug-likeness (QED) is 0.775. The molecule has 0 N–H and O–H groups in total. The van der Waals surface area contributed by atoms with Gasteiger partial charge in [0.15, 0.2) is 0 Å². The molecule has 0 atom stereocenters. The van der Waals surface area contributed by atoms with Crippen LogP contribution in [0.4, 0.5) is 0 Å². The van der Waals surface area contributed by atoms with Crippen LogP contribution in [0.1, 0.15) is 58.3 Å². The zero-order valence-electron chi connectivity index (χ0n) is 15.3. The first-order valence-electron chi connectivity index (χ1n) is 9.76. The van der Waals surface area contributed by atoms with Crippen LogP contribution in [0.15, 0.2) is 0 Å². The van der Waals surface area contributed by atoms with Gasteiger partial charge >= 0.3 is 0 Å². The zero-order valence-corrected chi connectivity index (χ0v) is 16.1. The second kappa shape index (κ2) is 8.02. The van der Waals surface area contributed by atoms with Gasteiger partial charge in [-0.15, -0.1) is 0 Å². The van der Waals surface area contributed by atoms with Crippen molar-refractivity contribution in [3.8, 4) is 0 Å². The molecule has 24 heavy (non-hydrogen) atoms. The summed E-state index contributed by atoms with van der Waals surface area (Å²) < 4.78 is 33.0. The molecule has 0 unspecified atom stereocenters. The molecule has 3 fully saturated rings. The molecule has 0 radical (unpaired) electrons. The van der Waals surface area contributed by atoms with Gasteiger partial charge in [-0.2, -0.15) is 4.31 Å². The Morgan fingerprint density at radius 2 is 1.42 bits per heavy atom. The fraction of sp³-hybridized carbons (Fsp3) is 1.00. The minimum atomic E-state index is -3.09. The molecule has 6 heteroatoms. The Labute approximate surface area is 147 Å². The third-order valence-electron chi connectivity index (χ3n) is 6.51. The molecule has 1 heterocycles. The summed E-state index contributed by atoms with van der Waals surface area (Å²) in [6.45, 7) is 5.38. The lowest BCUT2D eigenvalue weighted by Gasteiger charge is -2.42. The second-order valence-electron chi connectivity index (χ2n) is 8.03. The third kappa shape index (κ3) is 4.14. The van der Waals surface area contributed by atoms with E-state index in [-0.39, 0.29) is 5.25 Å². The second-order valence-corrected chi connectivity index (χ2v) is 10.2. The molecule has 0 spiro atoms. The minimum absolute atomic E-state index is 0.127.